The van der Waals surface area contributed by atoms with Crippen LogP contribution in [0.1, 0.15) is 28.9 Å². The molecule has 3 rings (SSSR count). The van der Waals surface area contributed by atoms with E-state index < -0.39 is 11.9 Å². The number of nitrogens with zero attached hydrogens (tertiary/aromatic N) is 2. The molecule has 1 saturated heterocycles. The normalized spacial score (nSPS) is 18.4. The fourth-order valence-electron chi connectivity index (χ4n) is 2.91. The molecule has 5 nitrogen and oxygen atoms in total. The number of likely N-dealkylation sites (tertiary alicyclic amines) is 1. The Morgan fingerprint density at radius 3 is 2.86 bits per heavy atom. The van der Waals surface area contributed by atoms with E-state index in [1.807, 2.05) is 31.2 Å². The molecule has 1 fully saturated rings. The lowest BCUT2D eigenvalue weighted by Crippen LogP contribution is -2.42. The third-order valence-corrected chi connectivity index (χ3v) is 4.13. The van der Waals surface area contributed by atoms with Gasteiger partial charge in [-0.1, -0.05) is 6.07 Å². The van der Waals surface area contributed by atoms with Crippen LogP contribution in [-0.2, 0) is 4.79 Å². The number of amides is 1. The number of piperidine rings is 1. The predicted molar refractivity (Wildman–Crippen MR) is 82.7 cm³/mol. The fourth-order valence-corrected chi connectivity index (χ4v) is 2.91. The lowest BCUT2D eigenvalue weighted by Gasteiger charge is -2.30. The average Bonchev–Trinajstić information content (AvgIpc) is 2.53. The number of aromatic nitrogens is 1. The number of rotatable bonds is 2. The van der Waals surface area contributed by atoms with Crippen LogP contribution in [0.3, 0.4) is 0 Å². The molecular formula is C17H18N2O3. The van der Waals surface area contributed by atoms with Crippen molar-refractivity contribution < 1.29 is 14.7 Å². The van der Waals surface area contributed by atoms with Crippen LogP contribution in [-0.4, -0.2) is 40.0 Å². The minimum Gasteiger partial charge on any atom is -0.481 e. The van der Waals surface area contributed by atoms with Gasteiger partial charge in [0.05, 0.1) is 11.4 Å². The number of benzene rings is 1. The third-order valence-electron chi connectivity index (χ3n) is 4.13. The summed E-state index contributed by atoms with van der Waals surface area (Å²) >= 11 is 0. The van der Waals surface area contributed by atoms with Crippen molar-refractivity contribution in [1.29, 1.82) is 0 Å². The maximum absolute atomic E-state index is 12.6. The highest BCUT2D eigenvalue weighted by Gasteiger charge is 2.28. The van der Waals surface area contributed by atoms with Gasteiger partial charge in [0.2, 0.25) is 0 Å². The SMILES string of the molecule is Cc1ccc2cc(C(=O)N3CCCC(C(=O)O)C3)ccc2n1. The standard InChI is InChI=1S/C17H18N2O3/c1-11-4-5-12-9-13(6-7-15(12)18-11)16(20)19-8-2-3-14(10-19)17(21)22/h4-7,9,14H,2-3,8,10H2,1H3,(H,21,22). The zero-order chi connectivity index (χ0) is 15.7. The molecule has 0 saturated carbocycles. The molecule has 0 aliphatic carbocycles. The summed E-state index contributed by atoms with van der Waals surface area (Å²) in [4.78, 5) is 29.8. The maximum Gasteiger partial charge on any atom is 0.308 e. The van der Waals surface area contributed by atoms with Gasteiger partial charge in [-0.25, -0.2) is 0 Å². The van der Waals surface area contributed by atoms with E-state index in [1.165, 1.54) is 0 Å². The van der Waals surface area contributed by atoms with Crippen LogP contribution in [0.25, 0.3) is 10.9 Å². The van der Waals surface area contributed by atoms with Crippen LogP contribution in [0.2, 0.25) is 0 Å². The first-order valence-electron chi connectivity index (χ1n) is 7.44. The molecule has 1 aromatic carbocycles. The highest BCUT2D eigenvalue weighted by molar-refractivity contribution is 5.98. The van der Waals surface area contributed by atoms with E-state index >= 15 is 0 Å². The largest absolute Gasteiger partial charge is 0.481 e. The summed E-state index contributed by atoms with van der Waals surface area (Å²) in [6.45, 7) is 2.84. The van der Waals surface area contributed by atoms with Gasteiger partial charge in [0, 0.05) is 29.7 Å². The van der Waals surface area contributed by atoms with Gasteiger partial charge in [0.15, 0.2) is 0 Å². The van der Waals surface area contributed by atoms with Crippen molar-refractivity contribution in [3.05, 3.63) is 41.6 Å². The molecular weight excluding hydrogens is 280 g/mol. The first-order valence-corrected chi connectivity index (χ1v) is 7.44. The Morgan fingerprint density at radius 1 is 1.27 bits per heavy atom. The Morgan fingerprint density at radius 2 is 2.09 bits per heavy atom. The molecule has 0 radical (unpaired) electrons. The smallest absolute Gasteiger partial charge is 0.308 e. The number of carbonyl (C=O) groups is 2. The van der Waals surface area contributed by atoms with Crippen molar-refractivity contribution in [1.82, 2.24) is 9.88 Å². The monoisotopic (exact) mass is 298 g/mol. The zero-order valence-corrected chi connectivity index (χ0v) is 12.5. The van der Waals surface area contributed by atoms with E-state index in [9.17, 15) is 9.59 Å². The minimum absolute atomic E-state index is 0.103. The molecule has 22 heavy (non-hydrogen) atoms. The van der Waals surface area contributed by atoms with Crippen LogP contribution in [0.4, 0.5) is 0 Å². The number of hydrogen-bond acceptors (Lipinski definition) is 3. The van der Waals surface area contributed by atoms with E-state index in [-0.39, 0.29) is 5.91 Å². The summed E-state index contributed by atoms with van der Waals surface area (Å²) in [5.74, 6) is -1.38. The van der Waals surface area contributed by atoms with Crippen LogP contribution >= 0.6 is 0 Å². The van der Waals surface area contributed by atoms with E-state index in [2.05, 4.69) is 4.98 Å². The minimum atomic E-state index is -0.823. The zero-order valence-electron chi connectivity index (χ0n) is 12.5. The number of hydrogen-bond donors (Lipinski definition) is 1. The molecule has 1 aliphatic heterocycles. The van der Waals surface area contributed by atoms with Crippen LogP contribution in [0.5, 0.6) is 0 Å². The van der Waals surface area contributed by atoms with Crippen molar-refractivity contribution in [3.63, 3.8) is 0 Å². The summed E-state index contributed by atoms with van der Waals surface area (Å²) < 4.78 is 0. The summed E-state index contributed by atoms with van der Waals surface area (Å²) in [6.07, 6.45) is 1.37. The van der Waals surface area contributed by atoms with E-state index in [4.69, 9.17) is 5.11 Å². The molecule has 0 bridgehead atoms. The van der Waals surface area contributed by atoms with Gasteiger partial charge in [-0.3, -0.25) is 14.6 Å². The first kappa shape index (κ1) is 14.5. The lowest BCUT2D eigenvalue weighted by atomic mass is 9.97. The molecule has 0 spiro atoms. The molecule has 5 heteroatoms. The molecule has 2 aromatic rings. The molecule has 2 heterocycles. The van der Waals surface area contributed by atoms with E-state index in [1.54, 1.807) is 11.0 Å². The predicted octanol–water partition coefficient (Wildman–Crippen LogP) is 2.48. The van der Waals surface area contributed by atoms with E-state index in [0.29, 0.717) is 25.1 Å². The molecule has 1 N–H and O–H groups in total. The maximum atomic E-state index is 12.6. The molecule has 1 aliphatic rings. The number of aliphatic carboxylic acids is 1. The second-order valence-corrected chi connectivity index (χ2v) is 5.79. The van der Waals surface area contributed by atoms with Gasteiger partial charge < -0.3 is 10.0 Å². The number of carbonyl (C=O) groups excluding carboxylic acids is 1. The van der Waals surface area contributed by atoms with Crippen molar-refractivity contribution in [2.45, 2.75) is 19.8 Å². The van der Waals surface area contributed by atoms with Gasteiger partial charge in [-0.2, -0.15) is 0 Å². The van der Waals surface area contributed by atoms with Gasteiger partial charge in [0.25, 0.3) is 5.91 Å². The van der Waals surface area contributed by atoms with Crippen molar-refractivity contribution >= 4 is 22.8 Å². The average molecular weight is 298 g/mol. The fraction of sp³-hybridized carbons (Fsp3) is 0.353. The second kappa shape index (κ2) is 5.75. The highest BCUT2D eigenvalue weighted by atomic mass is 16.4. The summed E-state index contributed by atoms with van der Waals surface area (Å²) in [7, 11) is 0. The van der Waals surface area contributed by atoms with Gasteiger partial charge in [-0.15, -0.1) is 0 Å². The first-order chi connectivity index (χ1) is 10.5. The Kier molecular flexibility index (Phi) is 3.79. The molecule has 1 aromatic heterocycles. The Labute approximate surface area is 128 Å². The second-order valence-electron chi connectivity index (χ2n) is 5.79. The number of pyridine rings is 1. The van der Waals surface area contributed by atoms with Crippen LogP contribution in [0, 0.1) is 12.8 Å². The lowest BCUT2D eigenvalue weighted by molar-refractivity contribution is -0.143. The summed E-state index contributed by atoms with van der Waals surface area (Å²) in [5, 5.41) is 10.0. The summed E-state index contributed by atoms with van der Waals surface area (Å²) in [6, 6.07) is 9.30. The molecule has 114 valence electrons. The Bertz CT molecular complexity index is 742. The number of carboxylic acids is 1. The van der Waals surface area contributed by atoms with Gasteiger partial charge >= 0.3 is 5.97 Å². The van der Waals surface area contributed by atoms with Crippen molar-refractivity contribution in [2.24, 2.45) is 5.92 Å². The van der Waals surface area contributed by atoms with Crippen LogP contribution < -0.4 is 0 Å². The van der Waals surface area contributed by atoms with E-state index in [0.717, 1.165) is 23.0 Å². The molecule has 1 atom stereocenters. The number of fused-ring (bicyclic) bond motifs is 1. The highest BCUT2D eigenvalue weighted by Crippen LogP contribution is 2.21. The summed E-state index contributed by atoms with van der Waals surface area (Å²) in [5.41, 5.74) is 2.38. The van der Waals surface area contributed by atoms with Gasteiger partial charge in [0.1, 0.15) is 0 Å². The van der Waals surface area contributed by atoms with Crippen molar-refractivity contribution in [3.8, 4) is 0 Å². The topological polar surface area (TPSA) is 70.5 Å². The molecule has 1 amide bonds. The third kappa shape index (κ3) is 2.79. The molecule has 1 unspecified atom stereocenters. The number of aryl methyl sites for hydroxylation is 1. The van der Waals surface area contributed by atoms with Gasteiger partial charge in [-0.05, 0) is 44.0 Å². The Hall–Kier alpha value is -2.43. The van der Waals surface area contributed by atoms with Crippen molar-refractivity contribution in [2.75, 3.05) is 13.1 Å². The number of carboxylic acid groups (broad SMARTS) is 1. The quantitative estimate of drug-likeness (QED) is 0.924. The Balaban J connectivity index is 1.85. The van der Waals surface area contributed by atoms with Crippen LogP contribution in [0.15, 0.2) is 30.3 Å².